The summed E-state index contributed by atoms with van der Waals surface area (Å²) in [5.74, 6) is -0.364. The molecule has 0 aliphatic heterocycles. The van der Waals surface area contributed by atoms with Crippen molar-refractivity contribution in [2.24, 2.45) is 14.1 Å². The minimum atomic E-state index is -0.507. The van der Waals surface area contributed by atoms with Gasteiger partial charge in [-0.15, -0.1) is 11.3 Å². The Kier molecular flexibility index (Phi) is 4.81. The van der Waals surface area contributed by atoms with Crippen LogP contribution in [0.5, 0.6) is 0 Å². The lowest BCUT2D eigenvalue weighted by atomic mass is 10.2. The predicted octanol–water partition coefficient (Wildman–Crippen LogP) is 1.85. The zero-order valence-corrected chi connectivity index (χ0v) is 17.0. The van der Waals surface area contributed by atoms with Crippen LogP contribution >= 0.6 is 22.9 Å². The monoisotopic (exact) mass is 430 g/mol. The van der Waals surface area contributed by atoms with E-state index in [1.54, 1.807) is 12.1 Å². The van der Waals surface area contributed by atoms with Crippen molar-refractivity contribution in [1.29, 1.82) is 0 Å². The molecule has 1 aromatic carbocycles. The van der Waals surface area contributed by atoms with E-state index in [4.69, 9.17) is 11.6 Å². The summed E-state index contributed by atoms with van der Waals surface area (Å²) >= 11 is 7.19. The Morgan fingerprint density at radius 3 is 2.62 bits per heavy atom. The molecule has 3 heterocycles. The molecule has 148 valence electrons. The Labute approximate surface area is 172 Å². The quantitative estimate of drug-likeness (QED) is 0.532. The molecule has 0 aliphatic carbocycles. The molecular weight excluding hydrogens is 416 g/mol. The highest BCUT2D eigenvalue weighted by atomic mass is 35.5. The number of carbonyl (C=O) groups is 1. The first-order chi connectivity index (χ1) is 13.8. The summed E-state index contributed by atoms with van der Waals surface area (Å²) in [5.41, 5.74) is 1.04. The van der Waals surface area contributed by atoms with Crippen LogP contribution in [0.3, 0.4) is 0 Å². The highest BCUT2D eigenvalue weighted by molar-refractivity contribution is 7.14. The number of nitrogens with one attached hydrogen (secondary N) is 1. The van der Waals surface area contributed by atoms with Crippen molar-refractivity contribution >= 4 is 45.1 Å². The van der Waals surface area contributed by atoms with E-state index in [9.17, 15) is 14.4 Å². The van der Waals surface area contributed by atoms with E-state index in [2.05, 4.69) is 15.3 Å². The Hall–Kier alpha value is -3.24. The summed E-state index contributed by atoms with van der Waals surface area (Å²) in [6.45, 7) is -0.139. The van der Waals surface area contributed by atoms with Crippen LogP contribution < -0.4 is 16.6 Å². The third kappa shape index (κ3) is 3.47. The number of rotatable bonds is 4. The molecule has 0 fully saturated rings. The average Bonchev–Trinajstić information content (AvgIpc) is 3.32. The van der Waals surface area contributed by atoms with Gasteiger partial charge in [-0.05, 0) is 12.1 Å². The summed E-state index contributed by atoms with van der Waals surface area (Å²) in [6, 6.07) is 7.24. The molecule has 29 heavy (non-hydrogen) atoms. The molecule has 11 heteroatoms. The first-order valence-corrected chi connectivity index (χ1v) is 9.73. The number of anilines is 1. The standard InChI is InChI=1S/C18H15ClN6O3S/c1-23-15-14(16(27)24(2)18(23)28)25(9-20-15)7-13(26)22-17-21-12(8-29-17)10-3-5-11(19)6-4-10/h3-6,8-9H,7H2,1-2H3,(H,21,22,26). The second-order valence-electron chi connectivity index (χ2n) is 6.34. The van der Waals surface area contributed by atoms with Gasteiger partial charge in [-0.25, -0.2) is 14.8 Å². The third-order valence-corrected chi connectivity index (χ3v) is 5.43. The van der Waals surface area contributed by atoms with E-state index in [1.807, 2.05) is 17.5 Å². The zero-order valence-electron chi connectivity index (χ0n) is 15.4. The molecule has 0 saturated carbocycles. The lowest BCUT2D eigenvalue weighted by molar-refractivity contribution is -0.116. The number of fused-ring (bicyclic) bond motifs is 1. The van der Waals surface area contributed by atoms with E-state index in [-0.39, 0.29) is 23.6 Å². The number of hydrogen-bond acceptors (Lipinski definition) is 6. The molecule has 0 spiro atoms. The van der Waals surface area contributed by atoms with Gasteiger partial charge in [0, 0.05) is 30.1 Å². The smallest absolute Gasteiger partial charge is 0.315 e. The predicted molar refractivity (Wildman–Crippen MR) is 111 cm³/mol. The molecule has 0 saturated heterocycles. The molecule has 9 nitrogen and oxygen atoms in total. The van der Waals surface area contributed by atoms with Gasteiger partial charge in [-0.2, -0.15) is 0 Å². The normalized spacial score (nSPS) is 11.1. The number of aromatic nitrogens is 5. The number of benzene rings is 1. The zero-order chi connectivity index (χ0) is 20.7. The minimum Gasteiger partial charge on any atom is -0.315 e. The second kappa shape index (κ2) is 7.30. The molecule has 0 atom stereocenters. The van der Waals surface area contributed by atoms with Gasteiger partial charge in [0.2, 0.25) is 5.91 Å². The number of aryl methyl sites for hydroxylation is 1. The molecule has 3 aromatic heterocycles. The largest absolute Gasteiger partial charge is 0.332 e. The van der Waals surface area contributed by atoms with Crippen molar-refractivity contribution < 1.29 is 4.79 Å². The number of carbonyl (C=O) groups excluding carboxylic acids is 1. The number of nitrogens with zero attached hydrogens (tertiary/aromatic N) is 5. The molecular formula is C18H15ClN6O3S. The van der Waals surface area contributed by atoms with Crippen LogP contribution in [0.1, 0.15) is 0 Å². The Bertz CT molecular complexity index is 1350. The van der Waals surface area contributed by atoms with Crippen LogP contribution in [0, 0.1) is 0 Å². The number of halogens is 1. The molecule has 1 N–H and O–H groups in total. The van der Waals surface area contributed by atoms with Gasteiger partial charge < -0.3 is 9.88 Å². The number of thiazole rings is 1. The van der Waals surface area contributed by atoms with E-state index >= 15 is 0 Å². The Morgan fingerprint density at radius 1 is 1.17 bits per heavy atom. The minimum absolute atomic E-state index is 0.139. The highest BCUT2D eigenvalue weighted by Gasteiger charge is 2.16. The van der Waals surface area contributed by atoms with Crippen molar-refractivity contribution in [3.05, 3.63) is 61.8 Å². The summed E-state index contributed by atoms with van der Waals surface area (Å²) in [7, 11) is 2.91. The molecule has 0 aliphatic rings. The SMILES string of the molecule is Cn1c(=O)c2c(ncn2CC(=O)Nc2nc(-c3ccc(Cl)cc3)cs2)n(C)c1=O. The Balaban J connectivity index is 1.56. The fourth-order valence-corrected chi connectivity index (χ4v) is 3.78. The Morgan fingerprint density at radius 2 is 1.90 bits per heavy atom. The van der Waals surface area contributed by atoms with E-state index in [0.29, 0.717) is 10.2 Å². The number of hydrogen-bond donors (Lipinski definition) is 1. The van der Waals surface area contributed by atoms with Crippen molar-refractivity contribution in [2.75, 3.05) is 5.32 Å². The van der Waals surface area contributed by atoms with E-state index in [1.165, 1.54) is 40.9 Å². The molecule has 4 rings (SSSR count). The lowest BCUT2D eigenvalue weighted by Gasteiger charge is -2.06. The maximum Gasteiger partial charge on any atom is 0.332 e. The van der Waals surface area contributed by atoms with Gasteiger partial charge in [0.1, 0.15) is 6.54 Å². The van der Waals surface area contributed by atoms with Crippen LogP contribution in [0.4, 0.5) is 5.13 Å². The van der Waals surface area contributed by atoms with Crippen molar-refractivity contribution in [1.82, 2.24) is 23.7 Å². The average molecular weight is 431 g/mol. The van der Waals surface area contributed by atoms with E-state index < -0.39 is 11.2 Å². The summed E-state index contributed by atoms with van der Waals surface area (Å²) < 4.78 is 3.67. The molecule has 1 amide bonds. The third-order valence-electron chi connectivity index (χ3n) is 4.42. The first-order valence-electron chi connectivity index (χ1n) is 8.47. The topological polar surface area (TPSA) is 104 Å². The molecule has 0 unspecified atom stereocenters. The van der Waals surface area contributed by atoms with Gasteiger partial charge in [0.05, 0.1) is 12.0 Å². The highest BCUT2D eigenvalue weighted by Crippen LogP contribution is 2.26. The fourth-order valence-electron chi connectivity index (χ4n) is 2.91. The lowest BCUT2D eigenvalue weighted by Crippen LogP contribution is -2.37. The molecule has 0 bridgehead atoms. The van der Waals surface area contributed by atoms with Gasteiger partial charge in [0.25, 0.3) is 5.56 Å². The summed E-state index contributed by atoms with van der Waals surface area (Å²) in [6.07, 6.45) is 1.37. The van der Waals surface area contributed by atoms with Gasteiger partial charge in [-0.3, -0.25) is 18.7 Å². The second-order valence-corrected chi connectivity index (χ2v) is 7.64. The summed E-state index contributed by atoms with van der Waals surface area (Å²) in [4.78, 5) is 45.4. The number of imidazole rings is 1. The van der Waals surface area contributed by atoms with Crippen LogP contribution in [0.2, 0.25) is 5.02 Å². The number of amides is 1. The van der Waals surface area contributed by atoms with Crippen molar-refractivity contribution in [3.63, 3.8) is 0 Å². The summed E-state index contributed by atoms with van der Waals surface area (Å²) in [5, 5.41) is 5.62. The van der Waals surface area contributed by atoms with E-state index in [0.717, 1.165) is 15.8 Å². The maximum absolute atomic E-state index is 12.5. The van der Waals surface area contributed by atoms with Gasteiger partial charge >= 0.3 is 5.69 Å². The van der Waals surface area contributed by atoms with Crippen LogP contribution in [0.15, 0.2) is 45.6 Å². The van der Waals surface area contributed by atoms with Gasteiger partial charge in [0.15, 0.2) is 16.3 Å². The fraction of sp³-hybridized carbons (Fsp3) is 0.167. The van der Waals surface area contributed by atoms with Gasteiger partial charge in [-0.1, -0.05) is 23.7 Å². The van der Waals surface area contributed by atoms with Crippen molar-refractivity contribution in [3.8, 4) is 11.3 Å². The van der Waals surface area contributed by atoms with Crippen LogP contribution in [-0.2, 0) is 25.4 Å². The van der Waals surface area contributed by atoms with Crippen LogP contribution in [0.25, 0.3) is 22.4 Å². The molecule has 0 radical (unpaired) electrons. The first kappa shape index (κ1) is 19.1. The van der Waals surface area contributed by atoms with Crippen molar-refractivity contribution in [2.45, 2.75) is 6.54 Å². The molecule has 4 aromatic rings. The van der Waals surface area contributed by atoms with Crippen LogP contribution in [-0.4, -0.2) is 29.6 Å². The maximum atomic E-state index is 12.5.